The summed E-state index contributed by atoms with van der Waals surface area (Å²) in [6.45, 7) is 8.34. The second-order valence-corrected chi connectivity index (χ2v) is 9.01. The summed E-state index contributed by atoms with van der Waals surface area (Å²) in [6.07, 6.45) is 1.01. The smallest absolute Gasteiger partial charge is 0.315 e. The molecule has 5 heteroatoms. The third-order valence-electron chi connectivity index (χ3n) is 6.15. The number of benzene rings is 2. The van der Waals surface area contributed by atoms with Gasteiger partial charge in [0, 0.05) is 29.3 Å². The molecule has 1 heterocycles. The van der Waals surface area contributed by atoms with E-state index in [0.29, 0.717) is 29.7 Å². The van der Waals surface area contributed by atoms with Gasteiger partial charge in [-0.3, -0.25) is 9.59 Å². The van der Waals surface area contributed by atoms with Gasteiger partial charge in [-0.25, -0.2) is 4.39 Å². The Bertz CT molecular complexity index is 1060. The van der Waals surface area contributed by atoms with Gasteiger partial charge in [-0.05, 0) is 41.5 Å². The molecule has 32 heavy (non-hydrogen) atoms. The zero-order chi connectivity index (χ0) is 22.8. The molecule has 0 saturated heterocycles. The predicted molar refractivity (Wildman–Crippen MR) is 121 cm³/mol. The number of hydrogen-bond donors (Lipinski definition) is 1. The van der Waals surface area contributed by atoms with Crippen molar-refractivity contribution in [2.45, 2.75) is 38.5 Å². The van der Waals surface area contributed by atoms with Crippen molar-refractivity contribution >= 4 is 11.8 Å². The molecule has 1 aliphatic heterocycles. The predicted octanol–water partition coefficient (Wildman–Crippen LogP) is 5.24. The zero-order valence-corrected chi connectivity index (χ0v) is 18.4. The van der Waals surface area contributed by atoms with Gasteiger partial charge in [0.05, 0.1) is 6.61 Å². The van der Waals surface area contributed by atoms with Gasteiger partial charge in [-0.1, -0.05) is 62.9 Å². The minimum Gasteiger partial charge on any atom is -0.465 e. The average molecular weight is 434 g/mol. The van der Waals surface area contributed by atoms with Gasteiger partial charge in [0.2, 0.25) is 0 Å². The van der Waals surface area contributed by atoms with E-state index in [9.17, 15) is 14.0 Å². The fourth-order valence-electron chi connectivity index (χ4n) is 4.66. The van der Waals surface area contributed by atoms with Crippen molar-refractivity contribution in [1.29, 1.82) is 0 Å². The number of rotatable bonds is 5. The molecule has 3 atom stereocenters. The topological polar surface area (TPSA) is 55.4 Å². The first-order valence-electron chi connectivity index (χ1n) is 11.0. The fourth-order valence-corrected chi connectivity index (χ4v) is 4.66. The zero-order valence-electron chi connectivity index (χ0n) is 18.4. The maximum Gasteiger partial charge on any atom is 0.315 e. The Labute approximate surface area is 188 Å². The molecule has 3 unspecified atom stereocenters. The SMILES string of the molecule is C=C1NC2=C(C(=O)CC(c3ccccc3)C2)C(c2ccc(F)cc2)C1C(=O)OCC(C)C. The van der Waals surface area contributed by atoms with E-state index in [4.69, 9.17) is 4.74 Å². The Kier molecular flexibility index (Phi) is 6.26. The number of ether oxygens (including phenoxy) is 1. The molecule has 4 rings (SSSR count). The number of nitrogens with one attached hydrogen (secondary N) is 1. The molecule has 4 nitrogen and oxygen atoms in total. The van der Waals surface area contributed by atoms with Crippen molar-refractivity contribution in [2.24, 2.45) is 11.8 Å². The van der Waals surface area contributed by atoms with E-state index in [0.717, 1.165) is 11.3 Å². The summed E-state index contributed by atoms with van der Waals surface area (Å²) < 4.78 is 19.2. The molecule has 0 fully saturated rings. The monoisotopic (exact) mass is 433 g/mol. The lowest BCUT2D eigenvalue weighted by atomic mass is 9.69. The van der Waals surface area contributed by atoms with Crippen molar-refractivity contribution in [1.82, 2.24) is 5.32 Å². The minimum atomic E-state index is -0.754. The van der Waals surface area contributed by atoms with Crippen LogP contribution in [0.5, 0.6) is 0 Å². The normalized spacial score (nSPS) is 23.1. The van der Waals surface area contributed by atoms with Gasteiger partial charge in [0.15, 0.2) is 5.78 Å². The standard InChI is InChI=1S/C27H28FNO3/c1-16(2)15-32-27(31)24-17(3)29-22-13-20(18-7-5-4-6-8-18)14-23(30)26(22)25(24)19-9-11-21(28)12-10-19/h4-12,16,20,24-25,29H,3,13-15H2,1-2H3. The second kappa shape index (κ2) is 9.11. The number of carbonyl (C=O) groups excluding carboxylic acids is 2. The molecule has 166 valence electrons. The molecule has 2 aromatic carbocycles. The number of hydrogen-bond acceptors (Lipinski definition) is 4. The van der Waals surface area contributed by atoms with Crippen molar-refractivity contribution in [3.05, 3.63) is 95.1 Å². The van der Waals surface area contributed by atoms with E-state index in [1.165, 1.54) is 12.1 Å². The number of ketones is 1. The minimum absolute atomic E-state index is 0.00362. The van der Waals surface area contributed by atoms with Gasteiger partial charge < -0.3 is 10.1 Å². The van der Waals surface area contributed by atoms with Crippen LogP contribution in [0.25, 0.3) is 0 Å². The first-order valence-corrected chi connectivity index (χ1v) is 11.0. The maximum absolute atomic E-state index is 13.6. The van der Waals surface area contributed by atoms with Crippen LogP contribution in [0.4, 0.5) is 4.39 Å². The molecule has 1 aliphatic carbocycles. The van der Waals surface area contributed by atoms with E-state index in [-0.39, 0.29) is 30.0 Å². The molecular weight excluding hydrogens is 405 g/mol. The van der Waals surface area contributed by atoms with Crippen LogP contribution in [0.3, 0.4) is 0 Å². The van der Waals surface area contributed by atoms with Crippen LogP contribution in [0.15, 0.2) is 78.1 Å². The highest BCUT2D eigenvalue weighted by Crippen LogP contribution is 2.47. The summed E-state index contributed by atoms with van der Waals surface area (Å²) in [4.78, 5) is 26.5. The van der Waals surface area contributed by atoms with Crippen LogP contribution in [-0.2, 0) is 14.3 Å². The fraction of sp³-hybridized carbons (Fsp3) is 0.333. The van der Waals surface area contributed by atoms with Crippen LogP contribution in [0, 0.1) is 17.7 Å². The van der Waals surface area contributed by atoms with Gasteiger partial charge >= 0.3 is 5.97 Å². The number of halogens is 1. The highest BCUT2D eigenvalue weighted by atomic mass is 19.1. The quantitative estimate of drug-likeness (QED) is 0.655. The average Bonchev–Trinajstić information content (AvgIpc) is 2.77. The molecule has 0 aromatic heterocycles. The van der Waals surface area contributed by atoms with E-state index < -0.39 is 17.8 Å². The summed E-state index contributed by atoms with van der Waals surface area (Å²) in [5, 5.41) is 3.27. The largest absolute Gasteiger partial charge is 0.465 e. The Morgan fingerprint density at radius 2 is 1.78 bits per heavy atom. The molecular formula is C27H28FNO3. The lowest BCUT2D eigenvalue weighted by Gasteiger charge is -2.40. The first-order chi connectivity index (χ1) is 15.3. The summed E-state index contributed by atoms with van der Waals surface area (Å²) >= 11 is 0. The van der Waals surface area contributed by atoms with Gasteiger partial charge in [-0.2, -0.15) is 0 Å². The second-order valence-electron chi connectivity index (χ2n) is 9.01. The molecule has 2 aromatic rings. The number of allylic oxidation sites excluding steroid dienone is 2. The summed E-state index contributed by atoms with van der Waals surface area (Å²) in [5.41, 5.74) is 3.70. The third kappa shape index (κ3) is 4.38. The number of Topliss-reactive ketones (excluding diaryl/α,β-unsaturated/α-hetero) is 1. The lowest BCUT2D eigenvalue weighted by molar-refractivity contribution is -0.149. The molecule has 0 radical (unpaired) electrons. The third-order valence-corrected chi connectivity index (χ3v) is 6.15. The van der Waals surface area contributed by atoms with E-state index in [2.05, 4.69) is 11.9 Å². The van der Waals surface area contributed by atoms with Crippen LogP contribution in [-0.4, -0.2) is 18.4 Å². The summed E-state index contributed by atoms with van der Waals surface area (Å²) in [7, 11) is 0. The van der Waals surface area contributed by atoms with E-state index in [1.54, 1.807) is 12.1 Å². The van der Waals surface area contributed by atoms with Crippen LogP contribution >= 0.6 is 0 Å². The Morgan fingerprint density at radius 3 is 2.44 bits per heavy atom. The summed E-state index contributed by atoms with van der Waals surface area (Å²) in [6, 6.07) is 16.0. The van der Waals surface area contributed by atoms with Crippen molar-refractivity contribution in [3.63, 3.8) is 0 Å². The highest BCUT2D eigenvalue weighted by Gasteiger charge is 2.45. The number of esters is 1. The molecule has 0 saturated carbocycles. The van der Waals surface area contributed by atoms with Gasteiger partial charge in [0.1, 0.15) is 11.7 Å². The van der Waals surface area contributed by atoms with Gasteiger partial charge in [0.25, 0.3) is 0 Å². The molecule has 0 amide bonds. The highest BCUT2D eigenvalue weighted by molar-refractivity contribution is 6.01. The van der Waals surface area contributed by atoms with E-state index >= 15 is 0 Å². The molecule has 0 bridgehead atoms. The number of carbonyl (C=O) groups is 2. The Balaban J connectivity index is 1.75. The summed E-state index contributed by atoms with van der Waals surface area (Å²) in [5.74, 6) is -1.86. The van der Waals surface area contributed by atoms with Crippen molar-refractivity contribution < 1.29 is 18.7 Å². The van der Waals surface area contributed by atoms with Crippen LogP contribution < -0.4 is 5.32 Å². The molecule has 2 aliphatic rings. The Morgan fingerprint density at radius 1 is 1.09 bits per heavy atom. The van der Waals surface area contributed by atoms with Crippen molar-refractivity contribution in [2.75, 3.05) is 6.61 Å². The van der Waals surface area contributed by atoms with Gasteiger partial charge in [-0.15, -0.1) is 0 Å². The maximum atomic E-state index is 13.6. The van der Waals surface area contributed by atoms with Crippen LogP contribution in [0.1, 0.15) is 49.7 Å². The molecule has 1 N–H and O–H groups in total. The Hall–Kier alpha value is -3.21. The lowest BCUT2D eigenvalue weighted by Crippen LogP contribution is -2.42. The first kappa shape index (κ1) is 22.0. The molecule has 0 spiro atoms. The van der Waals surface area contributed by atoms with E-state index in [1.807, 2.05) is 44.2 Å². The van der Waals surface area contributed by atoms with Crippen LogP contribution in [0.2, 0.25) is 0 Å². The van der Waals surface area contributed by atoms with Crippen molar-refractivity contribution in [3.8, 4) is 0 Å².